The minimum absolute atomic E-state index is 0.0757. The Bertz CT molecular complexity index is 340. The zero-order valence-electron chi connectivity index (χ0n) is 13.7. The molecular weight excluding hydrogens is 268 g/mol. The quantitative estimate of drug-likeness (QED) is 0.687. The zero-order chi connectivity index (χ0) is 15.3. The van der Waals surface area contributed by atoms with Gasteiger partial charge in [0, 0.05) is 25.8 Å². The molecule has 21 heavy (non-hydrogen) atoms. The zero-order valence-corrected chi connectivity index (χ0v) is 13.7. The molecule has 5 heteroatoms. The van der Waals surface area contributed by atoms with Gasteiger partial charge in [-0.2, -0.15) is 0 Å². The van der Waals surface area contributed by atoms with E-state index < -0.39 is 5.54 Å². The Morgan fingerprint density at radius 1 is 1.29 bits per heavy atom. The molecule has 1 heterocycles. The predicted octanol–water partition coefficient (Wildman–Crippen LogP) is 1.42. The molecule has 0 spiro atoms. The third kappa shape index (κ3) is 3.96. The van der Waals surface area contributed by atoms with E-state index in [1.165, 1.54) is 0 Å². The van der Waals surface area contributed by atoms with Gasteiger partial charge < -0.3 is 19.7 Å². The topological polar surface area (TPSA) is 50.8 Å². The van der Waals surface area contributed by atoms with Gasteiger partial charge in [-0.1, -0.05) is 6.92 Å². The van der Waals surface area contributed by atoms with Crippen LogP contribution in [0.15, 0.2) is 0 Å². The van der Waals surface area contributed by atoms with Crippen LogP contribution in [-0.4, -0.2) is 62.4 Å². The highest BCUT2D eigenvalue weighted by atomic mass is 16.5. The molecule has 2 aliphatic rings. The molecule has 5 nitrogen and oxygen atoms in total. The Morgan fingerprint density at radius 3 is 2.48 bits per heavy atom. The van der Waals surface area contributed by atoms with Gasteiger partial charge >= 0.3 is 5.97 Å². The summed E-state index contributed by atoms with van der Waals surface area (Å²) in [5.41, 5.74) is -0.530. The average Bonchev–Trinajstić information content (AvgIpc) is 3.32. The number of carbonyl (C=O) groups excluding carboxylic acids is 1. The lowest BCUT2D eigenvalue weighted by Gasteiger charge is -2.40. The molecule has 1 saturated carbocycles. The maximum Gasteiger partial charge on any atom is 0.327 e. The molecule has 0 radical (unpaired) electrons. The fourth-order valence-corrected chi connectivity index (χ4v) is 3.43. The van der Waals surface area contributed by atoms with Crippen LogP contribution in [0.25, 0.3) is 0 Å². The van der Waals surface area contributed by atoms with Crippen LogP contribution in [-0.2, 0) is 14.3 Å². The van der Waals surface area contributed by atoms with Crippen LogP contribution in [0.1, 0.15) is 39.5 Å². The molecule has 122 valence electrons. The summed E-state index contributed by atoms with van der Waals surface area (Å²) in [6, 6.07) is 0.505. The first kappa shape index (κ1) is 16.7. The fraction of sp³-hybridized carbons (Fsp3) is 0.938. The molecule has 2 rings (SSSR count). The second-order valence-corrected chi connectivity index (χ2v) is 6.26. The van der Waals surface area contributed by atoms with Gasteiger partial charge in [0.25, 0.3) is 0 Å². The standard InChI is InChI=1S/C16H30N2O3/c1-4-17-16(13-6-7-13,15(19)21-5-2)12-18(3)14-8-10-20-11-9-14/h13-14,17H,4-12H2,1-3H3. The highest BCUT2D eigenvalue weighted by Gasteiger charge is 2.52. The summed E-state index contributed by atoms with van der Waals surface area (Å²) in [5.74, 6) is 0.340. The van der Waals surface area contributed by atoms with Crippen molar-refractivity contribution in [2.75, 3.05) is 40.0 Å². The van der Waals surface area contributed by atoms with Crippen molar-refractivity contribution in [1.82, 2.24) is 10.2 Å². The summed E-state index contributed by atoms with van der Waals surface area (Å²) in [6.45, 7) is 7.55. The summed E-state index contributed by atoms with van der Waals surface area (Å²) >= 11 is 0. The van der Waals surface area contributed by atoms with Crippen LogP contribution in [0.5, 0.6) is 0 Å². The molecule has 1 atom stereocenters. The molecule has 0 bridgehead atoms. The number of ether oxygens (including phenoxy) is 2. The number of rotatable bonds is 8. The van der Waals surface area contributed by atoms with E-state index in [2.05, 4.69) is 24.2 Å². The lowest BCUT2D eigenvalue weighted by molar-refractivity contribution is -0.153. The van der Waals surface area contributed by atoms with Crippen LogP contribution in [0.2, 0.25) is 0 Å². The third-order valence-electron chi connectivity index (χ3n) is 4.72. The predicted molar refractivity (Wildman–Crippen MR) is 82.2 cm³/mol. The van der Waals surface area contributed by atoms with Crippen molar-refractivity contribution < 1.29 is 14.3 Å². The Labute approximate surface area is 128 Å². The normalized spacial score (nSPS) is 23.0. The van der Waals surface area contributed by atoms with Crippen LogP contribution in [0.3, 0.4) is 0 Å². The SMILES string of the molecule is CCNC(CN(C)C1CCOCC1)(C(=O)OCC)C1CC1. The largest absolute Gasteiger partial charge is 0.465 e. The summed E-state index contributed by atoms with van der Waals surface area (Å²) < 4.78 is 10.8. The Balaban J connectivity index is 2.08. The molecule has 1 unspecified atom stereocenters. The number of nitrogens with one attached hydrogen (secondary N) is 1. The van der Waals surface area contributed by atoms with E-state index in [0.717, 1.165) is 52.0 Å². The van der Waals surface area contributed by atoms with Gasteiger partial charge in [0.2, 0.25) is 0 Å². The number of carbonyl (C=O) groups is 1. The molecule has 0 aromatic rings. The second kappa shape index (κ2) is 7.56. The van der Waals surface area contributed by atoms with Gasteiger partial charge in [-0.15, -0.1) is 0 Å². The molecule has 1 N–H and O–H groups in total. The Kier molecular flexibility index (Phi) is 6.02. The van der Waals surface area contributed by atoms with E-state index in [0.29, 0.717) is 18.6 Å². The monoisotopic (exact) mass is 298 g/mol. The second-order valence-electron chi connectivity index (χ2n) is 6.26. The van der Waals surface area contributed by atoms with Gasteiger partial charge in [0.05, 0.1) is 6.61 Å². The van der Waals surface area contributed by atoms with Gasteiger partial charge in [-0.3, -0.25) is 0 Å². The molecule has 1 saturated heterocycles. The van der Waals surface area contributed by atoms with E-state index in [9.17, 15) is 4.79 Å². The van der Waals surface area contributed by atoms with E-state index in [1.807, 2.05) is 6.92 Å². The summed E-state index contributed by atoms with van der Waals surface area (Å²) in [5, 5.41) is 3.47. The molecule has 0 aromatic carbocycles. The molecule has 0 aromatic heterocycles. The number of esters is 1. The van der Waals surface area contributed by atoms with E-state index in [4.69, 9.17) is 9.47 Å². The third-order valence-corrected chi connectivity index (χ3v) is 4.72. The summed E-state index contributed by atoms with van der Waals surface area (Å²) in [7, 11) is 2.13. The highest BCUT2D eigenvalue weighted by Crippen LogP contribution is 2.41. The van der Waals surface area contributed by atoms with Crippen LogP contribution >= 0.6 is 0 Å². The molecule has 1 aliphatic heterocycles. The molecule has 1 aliphatic carbocycles. The van der Waals surface area contributed by atoms with Crippen molar-refractivity contribution in [1.29, 1.82) is 0 Å². The van der Waals surface area contributed by atoms with E-state index >= 15 is 0 Å². The Morgan fingerprint density at radius 2 is 1.95 bits per heavy atom. The lowest BCUT2D eigenvalue weighted by atomic mass is 9.91. The minimum atomic E-state index is -0.530. The highest BCUT2D eigenvalue weighted by molar-refractivity contribution is 5.82. The maximum absolute atomic E-state index is 12.6. The molecule has 2 fully saturated rings. The van der Waals surface area contributed by atoms with Crippen molar-refractivity contribution in [3.8, 4) is 0 Å². The van der Waals surface area contributed by atoms with Gasteiger partial charge in [0.15, 0.2) is 0 Å². The lowest BCUT2D eigenvalue weighted by Crippen LogP contribution is -2.62. The van der Waals surface area contributed by atoms with Crippen molar-refractivity contribution in [2.24, 2.45) is 5.92 Å². The van der Waals surface area contributed by atoms with E-state index in [1.54, 1.807) is 0 Å². The van der Waals surface area contributed by atoms with Crippen LogP contribution < -0.4 is 5.32 Å². The number of hydrogen-bond donors (Lipinski definition) is 1. The van der Waals surface area contributed by atoms with Crippen molar-refractivity contribution in [3.63, 3.8) is 0 Å². The molecule has 0 amide bonds. The van der Waals surface area contributed by atoms with Gasteiger partial charge in [-0.05, 0) is 52.1 Å². The first-order valence-electron chi connectivity index (χ1n) is 8.34. The first-order chi connectivity index (χ1) is 10.1. The van der Waals surface area contributed by atoms with Gasteiger partial charge in [-0.25, -0.2) is 4.79 Å². The Hall–Kier alpha value is -0.650. The van der Waals surface area contributed by atoms with E-state index in [-0.39, 0.29) is 5.97 Å². The van der Waals surface area contributed by atoms with Crippen LogP contribution in [0.4, 0.5) is 0 Å². The first-order valence-corrected chi connectivity index (χ1v) is 8.34. The van der Waals surface area contributed by atoms with Crippen molar-refractivity contribution in [3.05, 3.63) is 0 Å². The van der Waals surface area contributed by atoms with Crippen LogP contribution in [0, 0.1) is 5.92 Å². The summed E-state index contributed by atoms with van der Waals surface area (Å²) in [6.07, 6.45) is 4.33. The minimum Gasteiger partial charge on any atom is -0.465 e. The number of hydrogen-bond acceptors (Lipinski definition) is 5. The van der Waals surface area contributed by atoms with Crippen molar-refractivity contribution in [2.45, 2.75) is 51.1 Å². The maximum atomic E-state index is 12.6. The molecular formula is C16H30N2O3. The number of likely N-dealkylation sites (N-methyl/N-ethyl adjacent to an activating group) is 2. The average molecular weight is 298 g/mol. The van der Waals surface area contributed by atoms with Gasteiger partial charge in [0.1, 0.15) is 5.54 Å². The van der Waals surface area contributed by atoms with Crippen molar-refractivity contribution >= 4 is 5.97 Å². The smallest absolute Gasteiger partial charge is 0.327 e. The number of nitrogens with zero attached hydrogens (tertiary/aromatic N) is 1. The fourth-order valence-electron chi connectivity index (χ4n) is 3.43. The summed E-state index contributed by atoms with van der Waals surface area (Å²) in [4.78, 5) is 15.0.